The summed E-state index contributed by atoms with van der Waals surface area (Å²) < 4.78 is 44.4. The average Bonchev–Trinajstić information content (AvgIpc) is 2.68. The summed E-state index contributed by atoms with van der Waals surface area (Å²) in [5.41, 5.74) is 0.927. The van der Waals surface area contributed by atoms with Gasteiger partial charge in [0.05, 0.1) is 19.8 Å². The van der Waals surface area contributed by atoms with Gasteiger partial charge in [-0.2, -0.15) is 0 Å². The fourth-order valence-electron chi connectivity index (χ4n) is 2.99. The van der Waals surface area contributed by atoms with Gasteiger partial charge in [0, 0.05) is 22.7 Å². The van der Waals surface area contributed by atoms with Gasteiger partial charge in [0.2, 0.25) is 0 Å². The van der Waals surface area contributed by atoms with Crippen LogP contribution in [0.4, 0.5) is 10.5 Å². The molecular weight excluding hydrogens is 420 g/mol. The van der Waals surface area contributed by atoms with Crippen molar-refractivity contribution in [3.8, 4) is 11.5 Å². The number of alkyl carbamates (subject to hydrolysis) is 1. The largest absolute Gasteiger partial charge is 0.496 e. The third-order valence-electron chi connectivity index (χ3n) is 4.26. The zero-order valence-corrected chi connectivity index (χ0v) is 17.5. The molecule has 156 valence electrons. The summed E-state index contributed by atoms with van der Waals surface area (Å²) >= 11 is 5.85. The van der Waals surface area contributed by atoms with Crippen molar-refractivity contribution in [1.29, 1.82) is 0 Å². The monoisotopic (exact) mass is 440 g/mol. The molecule has 0 aliphatic carbocycles. The maximum absolute atomic E-state index is 12.9. The summed E-state index contributed by atoms with van der Waals surface area (Å²) in [6.07, 6.45) is -0.224. The van der Waals surface area contributed by atoms with E-state index in [1.54, 1.807) is 37.3 Å². The van der Waals surface area contributed by atoms with Gasteiger partial charge >= 0.3 is 6.09 Å². The Labute approximate surface area is 174 Å². The smallest absolute Gasteiger partial charge is 0.407 e. The predicted molar refractivity (Wildman–Crippen MR) is 108 cm³/mol. The van der Waals surface area contributed by atoms with Gasteiger partial charge in [-0.3, -0.25) is 4.72 Å². The van der Waals surface area contributed by atoms with Gasteiger partial charge in [-0.25, -0.2) is 13.2 Å². The molecule has 2 aromatic rings. The lowest BCUT2D eigenvalue weighted by atomic mass is 10.0. The number of rotatable bonds is 6. The molecule has 8 nitrogen and oxygen atoms in total. The van der Waals surface area contributed by atoms with Crippen LogP contribution in [0.3, 0.4) is 0 Å². The predicted octanol–water partition coefficient (Wildman–Crippen LogP) is 3.20. The van der Waals surface area contributed by atoms with Gasteiger partial charge in [-0.1, -0.05) is 11.6 Å². The molecule has 2 aromatic carbocycles. The molecule has 1 aliphatic rings. The molecule has 1 heterocycles. The van der Waals surface area contributed by atoms with Gasteiger partial charge < -0.3 is 19.5 Å². The molecule has 0 aromatic heterocycles. The van der Waals surface area contributed by atoms with E-state index in [9.17, 15) is 13.2 Å². The number of amides is 1. The molecule has 0 radical (unpaired) electrons. The number of benzene rings is 2. The molecule has 0 unspecified atom stereocenters. The van der Waals surface area contributed by atoms with Crippen LogP contribution in [-0.4, -0.2) is 40.9 Å². The second-order valence-electron chi connectivity index (χ2n) is 6.26. The first-order valence-electron chi connectivity index (χ1n) is 8.88. The van der Waals surface area contributed by atoms with E-state index in [2.05, 4.69) is 10.0 Å². The van der Waals surface area contributed by atoms with Crippen LogP contribution in [0, 0.1) is 0 Å². The highest BCUT2D eigenvalue weighted by molar-refractivity contribution is 7.92. The molecule has 10 heteroatoms. The Morgan fingerprint density at radius 2 is 1.97 bits per heavy atom. The minimum atomic E-state index is -3.93. The molecule has 3 rings (SSSR count). The number of halogens is 1. The summed E-state index contributed by atoms with van der Waals surface area (Å²) in [4.78, 5) is 11.7. The van der Waals surface area contributed by atoms with E-state index in [1.165, 1.54) is 13.2 Å². The van der Waals surface area contributed by atoms with E-state index in [0.29, 0.717) is 28.4 Å². The average molecular weight is 441 g/mol. The number of nitrogens with one attached hydrogen (secondary N) is 2. The highest BCUT2D eigenvalue weighted by Gasteiger charge is 2.31. The summed E-state index contributed by atoms with van der Waals surface area (Å²) in [7, 11) is -2.44. The normalized spacial score (nSPS) is 15.6. The van der Waals surface area contributed by atoms with E-state index < -0.39 is 16.1 Å². The van der Waals surface area contributed by atoms with Crippen molar-refractivity contribution in [2.75, 3.05) is 25.0 Å². The van der Waals surface area contributed by atoms with E-state index >= 15 is 0 Å². The van der Waals surface area contributed by atoms with Crippen LogP contribution in [0.25, 0.3) is 0 Å². The fourth-order valence-corrected chi connectivity index (χ4v) is 4.35. The van der Waals surface area contributed by atoms with Crippen molar-refractivity contribution < 1.29 is 27.4 Å². The first-order chi connectivity index (χ1) is 13.8. The highest BCUT2D eigenvalue weighted by atomic mass is 35.5. The first kappa shape index (κ1) is 21.1. The van der Waals surface area contributed by atoms with Crippen molar-refractivity contribution in [2.24, 2.45) is 0 Å². The van der Waals surface area contributed by atoms with Crippen molar-refractivity contribution in [1.82, 2.24) is 5.32 Å². The summed E-state index contributed by atoms with van der Waals surface area (Å²) in [6.45, 7) is 2.06. The van der Waals surface area contributed by atoms with Crippen LogP contribution in [0.2, 0.25) is 5.02 Å². The number of hydrogen-bond donors (Lipinski definition) is 2. The number of fused-ring (bicyclic) bond motifs is 1. The second kappa shape index (κ2) is 8.79. The molecule has 1 amide bonds. The minimum absolute atomic E-state index is 0.0159. The van der Waals surface area contributed by atoms with Crippen LogP contribution in [0.15, 0.2) is 41.3 Å². The molecule has 1 aliphatic heterocycles. The SMILES string of the molecule is CCOC(=O)N[C@H]1COc2c(S(=O)(=O)Nc3ccc(Cl)cc3)ccc(OC)c2C1. The summed E-state index contributed by atoms with van der Waals surface area (Å²) in [5.74, 6) is 0.675. The van der Waals surface area contributed by atoms with Crippen LogP contribution < -0.4 is 19.5 Å². The molecule has 0 saturated heterocycles. The van der Waals surface area contributed by atoms with Crippen molar-refractivity contribution in [3.63, 3.8) is 0 Å². The lowest BCUT2D eigenvalue weighted by molar-refractivity contribution is 0.139. The lowest BCUT2D eigenvalue weighted by Crippen LogP contribution is -2.43. The maximum atomic E-state index is 12.9. The molecule has 1 atom stereocenters. The summed E-state index contributed by atoms with van der Waals surface area (Å²) in [6, 6.07) is 8.92. The third kappa shape index (κ3) is 4.86. The molecule has 0 saturated carbocycles. The minimum Gasteiger partial charge on any atom is -0.496 e. The second-order valence-corrected chi connectivity index (χ2v) is 8.35. The first-order valence-corrected chi connectivity index (χ1v) is 10.7. The molecule has 29 heavy (non-hydrogen) atoms. The quantitative estimate of drug-likeness (QED) is 0.715. The van der Waals surface area contributed by atoms with Crippen LogP contribution >= 0.6 is 11.6 Å². The standard InChI is InChI=1S/C19H21ClN2O6S/c1-3-27-19(23)21-14-10-15-16(26-2)8-9-17(18(15)28-11-14)29(24,25)22-13-6-4-12(20)5-7-13/h4-9,14,22H,3,10-11H2,1-2H3,(H,21,23)/t14-/m1/s1. The highest BCUT2D eigenvalue weighted by Crippen LogP contribution is 2.39. The number of carbonyl (C=O) groups excluding carboxylic acids is 1. The van der Waals surface area contributed by atoms with Gasteiger partial charge in [0.1, 0.15) is 23.0 Å². The van der Waals surface area contributed by atoms with Crippen LogP contribution in [-0.2, 0) is 21.2 Å². The zero-order chi connectivity index (χ0) is 21.0. The Morgan fingerprint density at radius 3 is 2.62 bits per heavy atom. The van der Waals surface area contributed by atoms with Gasteiger partial charge in [-0.05, 0) is 43.3 Å². The van der Waals surface area contributed by atoms with Crippen molar-refractivity contribution in [3.05, 3.63) is 47.0 Å². The molecule has 0 bridgehead atoms. The van der Waals surface area contributed by atoms with Crippen molar-refractivity contribution >= 4 is 33.4 Å². The Kier molecular flexibility index (Phi) is 6.39. The van der Waals surface area contributed by atoms with E-state index in [4.69, 9.17) is 25.8 Å². The Bertz CT molecular complexity index is 995. The number of hydrogen-bond acceptors (Lipinski definition) is 6. The Balaban J connectivity index is 1.90. The number of anilines is 1. The molecule has 0 spiro atoms. The van der Waals surface area contributed by atoms with E-state index in [1.807, 2.05) is 0 Å². The van der Waals surface area contributed by atoms with Gasteiger partial charge in [0.25, 0.3) is 10.0 Å². The van der Waals surface area contributed by atoms with Crippen LogP contribution in [0.5, 0.6) is 11.5 Å². The number of methoxy groups -OCH3 is 1. The maximum Gasteiger partial charge on any atom is 0.407 e. The van der Waals surface area contributed by atoms with Gasteiger partial charge in [0.15, 0.2) is 0 Å². The number of sulfonamides is 1. The molecule has 0 fully saturated rings. The topological polar surface area (TPSA) is 103 Å². The zero-order valence-electron chi connectivity index (χ0n) is 15.9. The van der Waals surface area contributed by atoms with E-state index in [-0.39, 0.29) is 29.9 Å². The van der Waals surface area contributed by atoms with Crippen molar-refractivity contribution in [2.45, 2.75) is 24.3 Å². The molecular formula is C19H21ClN2O6S. The van der Waals surface area contributed by atoms with E-state index in [0.717, 1.165) is 0 Å². The fraction of sp³-hybridized carbons (Fsp3) is 0.316. The summed E-state index contributed by atoms with van der Waals surface area (Å²) in [5, 5.41) is 3.19. The number of carbonyl (C=O) groups is 1. The Morgan fingerprint density at radius 1 is 1.24 bits per heavy atom. The van der Waals surface area contributed by atoms with Gasteiger partial charge in [-0.15, -0.1) is 0 Å². The van der Waals surface area contributed by atoms with Crippen LogP contribution in [0.1, 0.15) is 12.5 Å². The number of ether oxygens (including phenoxy) is 3. The lowest BCUT2D eigenvalue weighted by Gasteiger charge is -2.28. The third-order valence-corrected chi connectivity index (χ3v) is 5.92. The Hall–Kier alpha value is -2.65. The molecule has 2 N–H and O–H groups in total.